The molecule has 10 nitrogen and oxygen atoms in total. The molecule has 0 saturated carbocycles. The predicted molar refractivity (Wildman–Crippen MR) is 120 cm³/mol. The molecule has 170 valence electrons. The Labute approximate surface area is 186 Å². The number of carboxylic acid groups (broad SMARTS) is 1. The second-order valence-electron chi connectivity index (χ2n) is 7.51. The molecule has 1 heterocycles. The van der Waals surface area contributed by atoms with E-state index in [1.165, 1.54) is 16.4 Å². The zero-order chi connectivity index (χ0) is 23.4. The fourth-order valence-corrected chi connectivity index (χ4v) is 6.20. The third-order valence-electron chi connectivity index (χ3n) is 5.47. The largest absolute Gasteiger partial charge is 0.481 e. The van der Waals surface area contributed by atoms with Crippen LogP contribution in [-0.4, -0.2) is 42.7 Å². The second kappa shape index (κ2) is 9.37. The highest BCUT2D eigenvalue weighted by molar-refractivity contribution is 7.89. The van der Waals surface area contributed by atoms with Crippen molar-refractivity contribution in [3.63, 3.8) is 0 Å². The van der Waals surface area contributed by atoms with Crippen molar-refractivity contribution in [1.29, 1.82) is 5.41 Å². The van der Waals surface area contributed by atoms with E-state index in [1.807, 2.05) is 0 Å². The fraction of sp³-hybridized carbons (Fsp3) is 0.286. The quantitative estimate of drug-likeness (QED) is 0.229. The number of amides is 1. The van der Waals surface area contributed by atoms with E-state index in [0.29, 0.717) is 36.9 Å². The van der Waals surface area contributed by atoms with Gasteiger partial charge in [0, 0.05) is 12.2 Å². The van der Waals surface area contributed by atoms with Gasteiger partial charge in [-0.05, 0) is 49.1 Å². The van der Waals surface area contributed by atoms with Crippen LogP contribution in [0.25, 0.3) is 0 Å². The maximum Gasteiger partial charge on any atom is 0.305 e. The molecule has 2 aromatic rings. The van der Waals surface area contributed by atoms with E-state index >= 15 is 0 Å². The molecule has 0 spiro atoms. The molecule has 0 radical (unpaired) electrons. The average molecular weight is 460 g/mol. The first-order chi connectivity index (χ1) is 15.2. The van der Waals surface area contributed by atoms with Crippen molar-refractivity contribution in [2.45, 2.75) is 36.1 Å². The van der Waals surface area contributed by atoms with Gasteiger partial charge in [0.15, 0.2) is 5.96 Å². The van der Waals surface area contributed by atoms with E-state index in [1.54, 1.807) is 36.4 Å². The summed E-state index contributed by atoms with van der Waals surface area (Å²) in [5.41, 5.74) is 5.11. The van der Waals surface area contributed by atoms with Crippen LogP contribution in [0.3, 0.4) is 0 Å². The van der Waals surface area contributed by atoms with Crippen LogP contribution in [0.5, 0.6) is 0 Å². The van der Waals surface area contributed by atoms with Crippen LogP contribution in [0.1, 0.15) is 31.2 Å². The molecule has 1 fully saturated rings. The van der Waals surface area contributed by atoms with Crippen molar-refractivity contribution < 1.29 is 23.1 Å². The first-order valence-electron chi connectivity index (χ1n) is 9.96. The topological polar surface area (TPSA) is 166 Å². The van der Waals surface area contributed by atoms with Crippen molar-refractivity contribution in [3.8, 4) is 0 Å². The molecular formula is C21H25N5O5S. The molecule has 0 bridgehead atoms. The molecule has 3 rings (SSSR count). The lowest BCUT2D eigenvalue weighted by molar-refractivity contribution is -0.140. The van der Waals surface area contributed by atoms with Gasteiger partial charge in [0.05, 0.1) is 17.6 Å². The molecule has 0 aliphatic carbocycles. The molecule has 1 amide bonds. The monoisotopic (exact) mass is 459 g/mol. The number of anilines is 2. The van der Waals surface area contributed by atoms with Gasteiger partial charge in [-0.3, -0.25) is 15.0 Å². The molecule has 1 aliphatic rings. The highest BCUT2D eigenvalue weighted by Gasteiger charge is 2.48. The summed E-state index contributed by atoms with van der Waals surface area (Å²) in [4.78, 5) is 22.8. The van der Waals surface area contributed by atoms with E-state index in [9.17, 15) is 23.1 Å². The van der Waals surface area contributed by atoms with Crippen molar-refractivity contribution in [3.05, 3.63) is 54.1 Å². The summed E-state index contributed by atoms with van der Waals surface area (Å²) >= 11 is 0. The number of piperidine rings is 1. The van der Waals surface area contributed by atoms with E-state index in [4.69, 9.17) is 11.1 Å². The lowest BCUT2D eigenvalue weighted by atomic mass is 9.79. The predicted octanol–water partition coefficient (Wildman–Crippen LogP) is 2.11. The van der Waals surface area contributed by atoms with E-state index in [0.717, 1.165) is 0 Å². The van der Waals surface area contributed by atoms with Crippen LogP contribution in [0.15, 0.2) is 53.4 Å². The number of nitrogens with one attached hydrogen (secondary N) is 3. The number of rotatable bonds is 8. The zero-order valence-electron chi connectivity index (χ0n) is 17.2. The van der Waals surface area contributed by atoms with Crippen LogP contribution in [-0.2, 0) is 25.2 Å². The smallest absolute Gasteiger partial charge is 0.305 e. The number of hydrogen-bond acceptors (Lipinski definition) is 5. The standard InChI is InChI=1S/C21H25N5O5S/c22-20(23)25-16-7-5-6-15(12-16)21(13-19(28)29)10-3-4-11-26(21)32(30,31)18-9-2-1-8-17(18)24-14-27/h1-2,5-9,12,14H,3-4,10-11,13H2,(H,24,27)(H,28,29)(H4,22,23,25). The first-order valence-corrected chi connectivity index (χ1v) is 11.4. The number of nitrogens with two attached hydrogens (primary N) is 1. The third kappa shape index (κ3) is 4.58. The summed E-state index contributed by atoms with van der Waals surface area (Å²) in [5.74, 6) is -1.44. The number of nitrogens with zero attached hydrogens (tertiary/aromatic N) is 1. The van der Waals surface area contributed by atoms with Gasteiger partial charge in [0.25, 0.3) is 0 Å². The van der Waals surface area contributed by atoms with Gasteiger partial charge in [0.2, 0.25) is 16.4 Å². The number of hydrogen-bond donors (Lipinski definition) is 5. The minimum absolute atomic E-state index is 0.109. The minimum atomic E-state index is -4.19. The summed E-state index contributed by atoms with van der Waals surface area (Å²) in [7, 11) is -4.19. The van der Waals surface area contributed by atoms with Gasteiger partial charge in [-0.2, -0.15) is 4.31 Å². The Morgan fingerprint density at radius 1 is 1.22 bits per heavy atom. The highest BCUT2D eigenvalue weighted by atomic mass is 32.2. The summed E-state index contributed by atoms with van der Waals surface area (Å²) in [6.07, 6.45) is 1.45. The van der Waals surface area contributed by atoms with Crippen molar-refractivity contribution in [1.82, 2.24) is 4.31 Å². The molecular weight excluding hydrogens is 434 g/mol. The molecule has 1 unspecified atom stereocenters. The van der Waals surface area contributed by atoms with Gasteiger partial charge in [-0.25, -0.2) is 8.42 Å². The summed E-state index contributed by atoms with van der Waals surface area (Å²) in [6.45, 7) is 0.120. The van der Waals surface area contributed by atoms with Crippen LogP contribution < -0.4 is 16.4 Å². The molecule has 1 atom stereocenters. The summed E-state index contributed by atoms with van der Waals surface area (Å²) in [6, 6.07) is 12.6. The SMILES string of the molecule is N=C(N)Nc1cccc(C2(CC(=O)O)CCCCN2S(=O)(=O)c2ccccc2NC=O)c1. The summed E-state index contributed by atoms with van der Waals surface area (Å²) in [5, 5.41) is 22.3. The number of carbonyl (C=O) groups excluding carboxylic acids is 1. The molecule has 11 heteroatoms. The van der Waals surface area contributed by atoms with Crippen molar-refractivity contribution >= 4 is 39.7 Å². The van der Waals surface area contributed by atoms with E-state index < -0.39 is 28.0 Å². The van der Waals surface area contributed by atoms with Crippen LogP contribution in [0.2, 0.25) is 0 Å². The Bertz CT molecular complexity index is 1140. The number of para-hydroxylation sites is 1. The van der Waals surface area contributed by atoms with Gasteiger partial charge in [-0.15, -0.1) is 0 Å². The summed E-state index contributed by atoms with van der Waals surface area (Å²) < 4.78 is 28.9. The van der Waals surface area contributed by atoms with E-state index in [2.05, 4.69) is 10.6 Å². The lowest BCUT2D eigenvalue weighted by Gasteiger charge is -2.46. The normalized spacial score (nSPS) is 19.1. The van der Waals surface area contributed by atoms with Crippen LogP contribution in [0, 0.1) is 5.41 Å². The number of carbonyl (C=O) groups is 2. The Morgan fingerprint density at radius 2 is 1.97 bits per heavy atom. The van der Waals surface area contributed by atoms with E-state index in [-0.39, 0.29) is 23.1 Å². The number of aliphatic carboxylic acids is 1. The van der Waals surface area contributed by atoms with Crippen LogP contribution in [0.4, 0.5) is 11.4 Å². The Morgan fingerprint density at radius 3 is 2.66 bits per heavy atom. The Balaban J connectivity index is 2.20. The van der Waals surface area contributed by atoms with Gasteiger partial charge in [-0.1, -0.05) is 24.3 Å². The molecule has 2 aromatic carbocycles. The van der Waals surface area contributed by atoms with Crippen molar-refractivity contribution in [2.75, 3.05) is 17.2 Å². The molecule has 0 aromatic heterocycles. The van der Waals surface area contributed by atoms with Crippen LogP contribution >= 0.6 is 0 Å². The van der Waals surface area contributed by atoms with Crippen molar-refractivity contribution in [2.24, 2.45) is 5.73 Å². The van der Waals surface area contributed by atoms with Gasteiger partial charge >= 0.3 is 5.97 Å². The third-order valence-corrected chi connectivity index (χ3v) is 7.50. The number of guanidine groups is 1. The molecule has 1 saturated heterocycles. The number of sulfonamides is 1. The van der Waals surface area contributed by atoms with Gasteiger partial charge < -0.3 is 21.5 Å². The maximum atomic E-state index is 13.8. The zero-order valence-corrected chi connectivity index (χ0v) is 18.1. The minimum Gasteiger partial charge on any atom is -0.481 e. The molecule has 1 aliphatic heterocycles. The number of benzene rings is 2. The average Bonchev–Trinajstić information content (AvgIpc) is 2.74. The molecule has 32 heavy (non-hydrogen) atoms. The fourth-order valence-electron chi connectivity index (χ4n) is 4.21. The number of carboxylic acids is 1. The second-order valence-corrected chi connectivity index (χ2v) is 9.34. The lowest BCUT2D eigenvalue weighted by Crippen LogP contribution is -2.53. The Hall–Kier alpha value is -3.44. The first kappa shape index (κ1) is 23.2. The maximum absolute atomic E-state index is 13.8. The molecule has 6 N–H and O–H groups in total. The highest BCUT2D eigenvalue weighted by Crippen LogP contribution is 2.45. The van der Waals surface area contributed by atoms with Gasteiger partial charge in [0.1, 0.15) is 4.90 Å². The Kier molecular flexibility index (Phi) is 6.80.